The summed E-state index contributed by atoms with van der Waals surface area (Å²) < 4.78 is 17.0. The zero-order valence-electron chi connectivity index (χ0n) is 19.5. The molecule has 0 bridgehead atoms. The van der Waals surface area contributed by atoms with Crippen molar-refractivity contribution in [2.45, 2.75) is 13.2 Å². The van der Waals surface area contributed by atoms with Gasteiger partial charge in [-0.1, -0.05) is 54.1 Å². The van der Waals surface area contributed by atoms with E-state index in [2.05, 4.69) is 10.5 Å². The molecular formula is C29H25ClN2O4. The van der Waals surface area contributed by atoms with E-state index in [0.29, 0.717) is 24.0 Å². The molecule has 36 heavy (non-hydrogen) atoms. The Bertz CT molecular complexity index is 1260. The van der Waals surface area contributed by atoms with Crippen molar-refractivity contribution in [2.24, 2.45) is 5.10 Å². The van der Waals surface area contributed by atoms with E-state index in [1.165, 1.54) is 0 Å². The second kappa shape index (κ2) is 13.0. The van der Waals surface area contributed by atoms with Crippen LogP contribution in [0.25, 0.3) is 0 Å². The van der Waals surface area contributed by atoms with Gasteiger partial charge < -0.3 is 14.2 Å². The van der Waals surface area contributed by atoms with Gasteiger partial charge in [-0.25, -0.2) is 5.43 Å². The van der Waals surface area contributed by atoms with Crippen molar-refractivity contribution < 1.29 is 19.0 Å². The number of nitrogens with one attached hydrogen (secondary N) is 1. The highest BCUT2D eigenvalue weighted by Crippen LogP contribution is 2.19. The average molecular weight is 501 g/mol. The van der Waals surface area contributed by atoms with Gasteiger partial charge in [0, 0.05) is 5.02 Å². The topological polar surface area (TPSA) is 69.2 Å². The maximum absolute atomic E-state index is 12.0. The number of halogens is 1. The van der Waals surface area contributed by atoms with E-state index in [-0.39, 0.29) is 12.5 Å². The second-order valence-electron chi connectivity index (χ2n) is 7.81. The summed E-state index contributed by atoms with van der Waals surface area (Å²) in [5, 5.41) is 4.67. The predicted molar refractivity (Wildman–Crippen MR) is 141 cm³/mol. The van der Waals surface area contributed by atoms with Gasteiger partial charge in [-0.15, -0.1) is 0 Å². The number of benzene rings is 4. The Morgan fingerprint density at radius 2 is 1.22 bits per heavy atom. The van der Waals surface area contributed by atoms with Gasteiger partial charge in [0.25, 0.3) is 5.91 Å². The summed E-state index contributed by atoms with van der Waals surface area (Å²) in [7, 11) is 0. The molecule has 0 unspecified atom stereocenters. The standard InChI is InChI=1S/C29H25ClN2O4/c30-25-10-6-24(7-11-25)20-35-26-12-8-22(9-13-26)18-31-32-29(33)21-36-28-16-14-27(15-17-28)34-19-23-4-2-1-3-5-23/h1-18H,19-21H2,(H,32,33)/b31-18-. The summed E-state index contributed by atoms with van der Waals surface area (Å²) >= 11 is 5.89. The molecule has 0 aromatic heterocycles. The molecule has 0 saturated heterocycles. The SMILES string of the molecule is O=C(COc1ccc(OCc2ccccc2)cc1)N/N=C\c1ccc(OCc2ccc(Cl)cc2)cc1. The van der Waals surface area contributed by atoms with Crippen LogP contribution in [0.2, 0.25) is 5.02 Å². The molecule has 0 saturated carbocycles. The number of carbonyl (C=O) groups is 1. The average Bonchev–Trinajstić information content (AvgIpc) is 2.92. The Morgan fingerprint density at radius 3 is 1.83 bits per heavy atom. The molecule has 0 heterocycles. The molecule has 4 aromatic rings. The lowest BCUT2D eigenvalue weighted by Crippen LogP contribution is -2.24. The van der Waals surface area contributed by atoms with Crippen molar-refractivity contribution in [1.82, 2.24) is 5.43 Å². The maximum atomic E-state index is 12.0. The molecule has 6 nitrogen and oxygen atoms in total. The molecule has 7 heteroatoms. The highest BCUT2D eigenvalue weighted by atomic mass is 35.5. The third kappa shape index (κ3) is 8.18. The van der Waals surface area contributed by atoms with Crippen LogP contribution in [0.15, 0.2) is 108 Å². The molecular weight excluding hydrogens is 476 g/mol. The largest absolute Gasteiger partial charge is 0.489 e. The molecule has 0 fully saturated rings. The first-order valence-electron chi connectivity index (χ1n) is 11.3. The first-order chi connectivity index (χ1) is 17.6. The third-order valence-electron chi connectivity index (χ3n) is 5.04. The third-order valence-corrected chi connectivity index (χ3v) is 5.30. The Kier molecular flexibility index (Phi) is 8.95. The van der Waals surface area contributed by atoms with Crippen LogP contribution in [-0.4, -0.2) is 18.7 Å². The first-order valence-corrected chi connectivity index (χ1v) is 11.7. The molecule has 4 aromatic carbocycles. The Balaban J connectivity index is 1.15. The molecule has 0 aliphatic carbocycles. The summed E-state index contributed by atoms with van der Waals surface area (Å²) in [4.78, 5) is 12.0. The monoisotopic (exact) mass is 500 g/mol. The summed E-state index contributed by atoms with van der Waals surface area (Å²) in [6.07, 6.45) is 1.56. The van der Waals surface area contributed by atoms with E-state index >= 15 is 0 Å². The lowest BCUT2D eigenvalue weighted by molar-refractivity contribution is -0.123. The van der Waals surface area contributed by atoms with E-state index in [9.17, 15) is 4.79 Å². The van der Waals surface area contributed by atoms with E-state index in [4.69, 9.17) is 25.8 Å². The van der Waals surface area contributed by atoms with Crippen LogP contribution in [0.1, 0.15) is 16.7 Å². The smallest absolute Gasteiger partial charge is 0.277 e. The number of hydrogen-bond donors (Lipinski definition) is 1. The molecule has 4 rings (SSSR count). The minimum absolute atomic E-state index is 0.154. The van der Waals surface area contributed by atoms with Crippen LogP contribution >= 0.6 is 11.6 Å². The lowest BCUT2D eigenvalue weighted by atomic mass is 10.2. The summed E-state index contributed by atoms with van der Waals surface area (Å²) in [6.45, 7) is 0.781. The van der Waals surface area contributed by atoms with Gasteiger partial charge in [0.15, 0.2) is 6.61 Å². The molecule has 0 spiro atoms. The number of ether oxygens (including phenoxy) is 3. The quantitative estimate of drug-likeness (QED) is 0.202. The van der Waals surface area contributed by atoms with Crippen LogP contribution in [0.5, 0.6) is 17.2 Å². The minimum Gasteiger partial charge on any atom is -0.489 e. The molecule has 0 atom stereocenters. The Labute approximate surface area is 215 Å². The highest BCUT2D eigenvalue weighted by molar-refractivity contribution is 6.30. The van der Waals surface area contributed by atoms with Crippen molar-refractivity contribution in [1.29, 1.82) is 0 Å². The molecule has 0 aliphatic heterocycles. The van der Waals surface area contributed by atoms with Crippen molar-refractivity contribution in [2.75, 3.05) is 6.61 Å². The van der Waals surface area contributed by atoms with Gasteiger partial charge in [-0.3, -0.25) is 4.79 Å². The number of amides is 1. The zero-order valence-corrected chi connectivity index (χ0v) is 20.2. The fourth-order valence-corrected chi connectivity index (χ4v) is 3.26. The van der Waals surface area contributed by atoms with E-state index in [1.54, 1.807) is 30.5 Å². The summed E-state index contributed by atoms with van der Waals surface area (Å²) in [6, 6.07) is 31.9. The molecule has 182 valence electrons. The van der Waals surface area contributed by atoms with Crippen molar-refractivity contribution >= 4 is 23.7 Å². The molecule has 0 aliphatic rings. The normalized spacial score (nSPS) is 10.7. The van der Waals surface area contributed by atoms with E-state index < -0.39 is 0 Å². The van der Waals surface area contributed by atoms with Crippen LogP contribution < -0.4 is 19.6 Å². The van der Waals surface area contributed by atoms with Gasteiger partial charge in [-0.2, -0.15) is 5.10 Å². The van der Waals surface area contributed by atoms with Gasteiger partial charge in [-0.05, 0) is 77.4 Å². The van der Waals surface area contributed by atoms with E-state index in [0.717, 1.165) is 28.2 Å². The van der Waals surface area contributed by atoms with Gasteiger partial charge >= 0.3 is 0 Å². The first kappa shape index (κ1) is 24.8. The number of carbonyl (C=O) groups excluding carboxylic acids is 1. The van der Waals surface area contributed by atoms with Crippen molar-refractivity contribution in [3.63, 3.8) is 0 Å². The van der Waals surface area contributed by atoms with E-state index in [1.807, 2.05) is 78.9 Å². The van der Waals surface area contributed by atoms with Crippen LogP contribution in [0.3, 0.4) is 0 Å². The van der Waals surface area contributed by atoms with Crippen LogP contribution in [0.4, 0.5) is 0 Å². The predicted octanol–water partition coefficient (Wildman–Crippen LogP) is 6.03. The van der Waals surface area contributed by atoms with Crippen molar-refractivity contribution in [3.8, 4) is 17.2 Å². The summed E-state index contributed by atoms with van der Waals surface area (Å²) in [5.74, 6) is 1.66. The minimum atomic E-state index is -0.362. The van der Waals surface area contributed by atoms with Crippen LogP contribution in [-0.2, 0) is 18.0 Å². The fourth-order valence-electron chi connectivity index (χ4n) is 3.13. The lowest BCUT2D eigenvalue weighted by Gasteiger charge is -2.08. The summed E-state index contributed by atoms with van der Waals surface area (Å²) in [5.41, 5.74) is 5.40. The highest BCUT2D eigenvalue weighted by Gasteiger charge is 2.03. The van der Waals surface area contributed by atoms with Gasteiger partial charge in [0.2, 0.25) is 0 Å². The zero-order chi connectivity index (χ0) is 25.0. The number of hydrogen-bond acceptors (Lipinski definition) is 5. The number of nitrogens with zero attached hydrogens (tertiary/aromatic N) is 1. The Hall–Kier alpha value is -4.29. The number of rotatable bonds is 11. The van der Waals surface area contributed by atoms with Crippen molar-refractivity contribution in [3.05, 3.63) is 125 Å². The maximum Gasteiger partial charge on any atom is 0.277 e. The number of hydrazone groups is 1. The second-order valence-corrected chi connectivity index (χ2v) is 8.25. The van der Waals surface area contributed by atoms with Gasteiger partial charge in [0.1, 0.15) is 30.5 Å². The molecule has 1 amide bonds. The Morgan fingerprint density at radius 1 is 0.694 bits per heavy atom. The molecule has 1 N–H and O–H groups in total. The van der Waals surface area contributed by atoms with Crippen LogP contribution in [0, 0.1) is 0 Å². The molecule has 0 radical (unpaired) electrons. The fraction of sp³-hybridized carbons (Fsp3) is 0.103. The van der Waals surface area contributed by atoms with Gasteiger partial charge in [0.05, 0.1) is 6.21 Å².